The van der Waals surface area contributed by atoms with Gasteiger partial charge < -0.3 is 4.90 Å². The molecule has 29 heavy (non-hydrogen) atoms. The topological polar surface area (TPSA) is 66.5 Å². The Morgan fingerprint density at radius 2 is 1.76 bits per heavy atom. The van der Waals surface area contributed by atoms with E-state index in [2.05, 4.69) is 5.32 Å². The molecule has 2 aromatic carbocycles. The summed E-state index contributed by atoms with van der Waals surface area (Å²) >= 11 is 6.51. The van der Waals surface area contributed by atoms with Crippen LogP contribution < -0.4 is 10.2 Å². The lowest BCUT2D eigenvalue weighted by Crippen LogP contribution is -2.49. The van der Waals surface area contributed by atoms with E-state index in [1.54, 1.807) is 17.0 Å². The van der Waals surface area contributed by atoms with Crippen molar-refractivity contribution in [1.29, 1.82) is 0 Å². The quantitative estimate of drug-likeness (QED) is 0.768. The number of carbonyl (C=O) groups is 3. The van der Waals surface area contributed by atoms with Crippen LogP contribution in [0.15, 0.2) is 42.5 Å². The molecule has 3 amide bonds. The number of piperidine rings is 2. The Labute approximate surface area is 172 Å². The van der Waals surface area contributed by atoms with Crippen LogP contribution in [0.1, 0.15) is 37.7 Å². The molecule has 2 aromatic rings. The average Bonchev–Trinajstić information content (AvgIpc) is 2.72. The molecule has 2 fully saturated rings. The highest BCUT2D eigenvalue weighted by Gasteiger charge is 2.46. The largest absolute Gasteiger partial charge is 0.312 e. The molecular weight excluding hydrogens is 395 g/mol. The van der Waals surface area contributed by atoms with E-state index in [1.165, 1.54) is 6.07 Å². The minimum absolute atomic E-state index is 0.0527. The van der Waals surface area contributed by atoms with Crippen molar-refractivity contribution < 1.29 is 18.8 Å². The molecule has 1 atom stereocenters. The van der Waals surface area contributed by atoms with E-state index in [4.69, 9.17) is 11.6 Å². The number of amides is 3. The highest BCUT2D eigenvalue weighted by Crippen LogP contribution is 2.42. The first-order valence-corrected chi connectivity index (χ1v) is 10.0. The third kappa shape index (κ3) is 3.53. The van der Waals surface area contributed by atoms with E-state index in [-0.39, 0.29) is 29.3 Å². The van der Waals surface area contributed by atoms with Crippen LogP contribution in [0.5, 0.6) is 0 Å². The van der Waals surface area contributed by atoms with Crippen molar-refractivity contribution in [2.24, 2.45) is 0 Å². The van der Waals surface area contributed by atoms with E-state index >= 15 is 4.39 Å². The summed E-state index contributed by atoms with van der Waals surface area (Å²) in [6.45, 7) is 0.701. The number of anilines is 1. The molecule has 0 aromatic heterocycles. The van der Waals surface area contributed by atoms with Crippen LogP contribution in [0.3, 0.4) is 0 Å². The summed E-state index contributed by atoms with van der Waals surface area (Å²) in [5, 5.41) is 2.19. The smallest absolute Gasteiger partial charge is 0.268 e. The van der Waals surface area contributed by atoms with Gasteiger partial charge >= 0.3 is 0 Å². The van der Waals surface area contributed by atoms with E-state index in [9.17, 15) is 14.4 Å². The number of rotatable bonds is 3. The lowest BCUT2D eigenvalue weighted by Gasteiger charge is -2.29. The van der Waals surface area contributed by atoms with E-state index in [0.29, 0.717) is 18.5 Å². The van der Waals surface area contributed by atoms with E-state index in [1.807, 2.05) is 24.3 Å². The summed E-state index contributed by atoms with van der Waals surface area (Å²) in [6.07, 6.45) is 2.13. The van der Waals surface area contributed by atoms with Gasteiger partial charge in [0.05, 0.1) is 5.02 Å². The van der Waals surface area contributed by atoms with Crippen LogP contribution in [0, 0.1) is 0 Å². The van der Waals surface area contributed by atoms with Crippen molar-refractivity contribution in [3.05, 3.63) is 53.1 Å². The van der Waals surface area contributed by atoms with Crippen molar-refractivity contribution in [3.63, 3.8) is 0 Å². The van der Waals surface area contributed by atoms with Gasteiger partial charge in [0, 0.05) is 42.6 Å². The number of nitrogens with zero attached hydrogens (tertiary/aromatic N) is 1. The molecule has 5 nitrogen and oxygen atoms in total. The van der Waals surface area contributed by atoms with Crippen molar-refractivity contribution in [1.82, 2.24) is 5.32 Å². The molecule has 150 valence electrons. The summed E-state index contributed by atoms with van der Waals surface area (Å²) in [5.74, 6) is -1.36. The van der Waals surface area contributed by atoms with Gasteiger partial charge in [0.2, 0.25) is 17.5 Å². The first kappa shape index (κ1) is 19.6. The molecule has 1 N–H and O–H groups in total. The second kappa shape index (κ2) is 7.59. The molecule has 7 heteroatoms. The summed E-state index contributed by atoms with van der Waals surface area (Å²) in [4.78, 5) is 37.4. The molecule has 0 spiro atoms. The van der Waals surface area contributed by atoms with Crippen molar-refractivity contribution in [2.75, 3.05) is 11.4 Å². The van der Waals surface area contributed by atoms with Crippen LogP contribution in [-0.4, -0.2) is 24.3 Å². The van der Waals surface area contributed by atoms with Crippen molar-refractivity contribution in [2.45, 2.75) is 37.8 Å². The Bertz CT molecular complexity index is 992. The Hall–Kier alpha value is -2.73. The normalized spacial score (nSPS) is 22.6. The standard InChI is InChI=1S/C22H20ClFN2O3/c23-20-16(4-3-5-17(20)22(24)12-11-18(27)25-21(22)29)14-7-9-15(10-8-14)26-13-2-1-6-19(26)28/h3-5,7-10H,1-2,6,11-13H2,(H,25,27,29). The van der Waals surface area contributed by atoms with Gasteiger partial charge in [-0.05, 0) is 30.5 Å². The van der Waals surface area contributed by atoms with Gasteiger partial charge in [-0.1, -0.05) is 41.9 Å². The van der Waals surface area contributed by atoms with Gasteiger partial charge in [0.15, 0.2) is 0 Å². The lowest BCUT2D eigenvalue weighted by molar-refractivity contribution is -0.144. The van der Waals surface area contributed by atoms with E-state index in [0.717, 1.165) is 24.1 Å². The number of nitrogens with one attached hydrogen (secondary N) is 1. The molecule has 2 heterocycles. The van der Waals surface area contributed by atoms with Crippen LogP contribution in [0.4, 0.5) is 10.1 Å². The van der Waals surface area contributed by atoms with Crippen LogP contribution in [-0.2, 0) is 20.1 Å². The Balaban J connectivity index is 1.66. The van der Waals surface area contributed by atoms with Gasteiger partial charge in [-0.25, -0.2) is 4.39 Å². The zero-order chi connectivity index (χ0) is 20.6. The molecule has 2 aliphatic rings. The van der Waals surface area contributed by atoms with Crippen LogP contribution in [0.2, 0.25) is 5.02 Å². The molecule has 1 unspecified atom stereocenters. The predicted octanol–water partition coefficient (Wildman–Crippen LogP) is 4.13. The molecule has 0 bridgehead atoms. The number of halogens is 2. The third-order valence-corrected chi connectivity index (χ3v) is 5.96. The molecule has 2 aliphatic heterocycles. The molecule has 0 saturated carbocycles. The van der Waals surface area contributed by atoms with Crippen molar-refractivity contribution in [3.8, 4) is 11.1 Å². The number of carbonyl (C=O) groups excluding carboxylic acids is 3. The van der Waals surface area contributed by atoms with Gasteiger partial charge in [0.1, 0.15) is 0 Å². The second-order valence-electron chi connectivity index (χ2n) is 7.39. The molecule has 0 radical (unpaired) electrons. The minimum atomic E-state index is -2.35. The maximum Gasteiger partial charge on any atom is 0.268 e. The highest BCUT2D eigenvalue weighted by molar-refractivity contribution is 6.34. The first-order chi connectivity index (χ1) is 13.9. The average molecular weight is 415 g/mol. The van der Waals surface area contributed by atoms with Gasteiger partial charge in [0.25, 0.3) is 5.91 Å². The number of imide groups is 1. The van der Waals surface area contributed by atoms with E-state index < -0.39 is 17.5 Å². The molecule has 2 saturated heterocycles. The first-order valence-electron chi connectivity index (χ1n) is 9.63. The zero-order valence-corrected chi connectivity index (χ0v) is 16.5. The number of benzene rings is 2. The lowest BCUT2D eigenvalue weighted by atomic mass is 9.85. The molecular formula is C22H20ClFN2O3. The maximum atomic E-state index is 15.5. The second-order valence-corrected chi connectivity index (χ2v) is 7.77. The van der Waals surface area contributed by atoms with Crippen molar-refractivity contribution >= 4 is 35.0 Å². The fourth-order valence-electron chi connectivity index (χ4n) is 3.91. The Morgan fingerprint density at radius 1 is 1.00 bits per heavy atom. The predicted molar refractivity (Wildman–Crippen MR) is 108 cm³/mol. The van der Waals surface area contributed by atoms with Gasteiger partial charge in [-0.2, -0.15) is 0 Å². The van der Waals surface area contributed by atoms with Crippen LogP contribution >= 0.6 is 11.6 Å². The summed E-state index contributed by atoms with van der Waals surface area (Å²) in [7, 11) is 0. The fraction of sp³-hybridized carbons (Fsp3) is 0.318. The third-order valence-electron chi connectivity index (χ3n) is 5.55. The number of alkyl halides is 1. The number of hydrogen-bond donors (Lipinski definition) is 1. The Morgan fingerprint density at radius 3 is 2.45 bits per heavy atom. The minimum Gasteiger partial charge on any atom is -0.312 e. The summed E-state index contributed by atoms with van der Waals surface area (Å²) in [6, 6.07) is 12.2. The zero-order valence-electron chi connectivity index (χ0n) is 15.7. The van der Waals surface area contributed by atoms with Crippen LogP contribution in [0.25, 0.3) is 11.1 Å². The molecule has 4 rings (SSSR count). The van der Waals surface area contributed by atoms with Gasteiger partial charge in [-0.15, -0.1) is 0 Å². The molecule has 0 aliphatic carbocycles. The summed E-state index contributed by atoms with van der Waals surface area (Å²) in [5.41, 5.74) is -0.139. The SMILES string of the molecule is O=C1CCC(F)(c2cccc(-c3ccc(N4CCCCC4=O)cc3)c2Cl)C(=O)N1. The monoisotopic (exact) mass is 414 g/mol. The summed E-state index contributed by atoms with van der Waals surface area (Å²) < 4.78 is 15.5. The van der Waals surface area contributed by atoms with Gasteiger partial charge in [-0.3, -0.25) is 19.7 Å². The Kier molecular flexibility index (Phi) is 5.13. The maximum absolute atomic E-state index is 15.5. The number of hydrogen-bond acceptors (Lipinski definition) is 3. The highest BCUT2D eigenvalue weighted by atomic mass is 35.5. The fourth-order valence-corrected chi connectivity index (χ4v) is 4.29.